The molecule has 4 rings (SSSR count). The number of ether oxygens (including phenoxy) is 1. The first-order chi connectivity index (χ1) is 17.2. The van der Waals surface area contributed by atoms with Crippen LogP contribution in [0, 0.1) is 0 Å². The van der Waals surface area contributed by atoms with Gasteiger partial charge in [-0.2, -0.15) is 13.2 Å². The second kappa shape index (κ2) is 11.6. The summed E-state index contributed by atoms with van der Waals surface area (Å²) < 4.78 is 46.0. The predicted molar refractivity (Wildman–Crippen MR) is 131 cm³/mol. The highest BCUT2D eigenvalue weighted by molar-refractivity contribution is 5.81. The van der Waals surface area contributed by atoms with E-state index in [-0.39, 0.29) is 24.7 Å². The second-order valence-corrected chi connectivity index (χ2v) is 9.65. The molecular formula is C26H34F3N5O2. The highest BCUT2D eigenvalue weighted by Gasteiger charge is 2.34. The number of carbonyl (C=O) groups is 1. The van der Waals surface area contributed by atoms with Crippen molar-refractivity contribution in [3.05, 3.63) is 58.9 Å². The first-order valence-corrected chi connectivity index (χ1v) is 12.3. The summed E-state index contributed by atoms with van der Waals surface area (Å²) in [7, 11) is 3.72. The average molecular weight is 506 g/mol. The SMILES string of the molecule is CN(C)CCN(Cc1ncccc1C(F)(F)F)C(=O)CNc1cccc2c1CCN(C1CCOC1)C2. The van der Waals surface area contributed by atoms with Gasteiger partial charge in [-0.3, -0.25) is 14.7 Å². The summed E-state index contributed by atoms with van der Waals surface area (Å²) in [6.45, 7) is 3.99. The topological polar surface area (TPSA) is 60.9 Å². The Morgan fingerprint density at radius 1 is 1.22 bits per heavy atom. The van der Waals surface area contributed by atoms with E-state index in [9.17, 15) is 18.0 Å². The number of hydrogen-bond acceptors (Lipinski definition) is 6. The molecule has 10 heteroatoms. The number of nitrogens with one attached hydrogen (secondary N) is 1. The van der Waals surface area contributed by atoms with Crippen molar-refractivity contribution in [2.75, 3.05) is 58.8 Å². The number of alkyl halides is 3. The molecule has 2 aliphatic heterocycles. The van der Waals surface area contributed by atoms with E-state index in [0.717, 1.165) is 50.9 Å². The molecule has 0 saturated carbocycles. The summed E-state index contributed by atoms with van der Waals surface area (Å²) >= 11 is 0. The molecule has 2 aromatic rings. The smallest absolute Gasteiger partial charge is 0.380 e. The standard InChI is InChI=1S/C26H34F3N5O2/c1-32(2)12-13-34(17-24-22(26(27,28)29)6-4-10-30-24)25(35)15-31-23-7-3-5-19-16-33(11-8-21(19)23)20-9-14-36-18-20/h3-7,10,20,31H,8-9,11-18H2,1-2H3. The van der Waals surface area contributed by atoms with Gasteiger partial charge in [0, 0.05) is 50.7 Å². The highest BCUT2D eigenvalue weighted by atomic mass is 19.4. The van der Waals surface area contributed by atoms with Gasteiger partial charge in [0.15, 0.2) is 0 Å². The third-order valence-corrected chi connectivity index (χ3v) is 6.85. The van der Waals surface area contributed by atoms with Crippen LogP contribution in [0.15, 0.2) is 36.5 Å². The van der Waals surface area contributed by atoms with Crippen molar-refractivity contribution >= 4 is 11.6 Å². The zero-order valence-electron chi connectivity index (χ0n) is 20.9. The van der Waals surface area contributed by atoms with Crippen molar-refractivity contribution in [3.8, 4) is 0 Å². The number of aromatic nitrogens is 1. The number of pyridine rings is 1. The molecule has 1 fully saturated rings. The average Bonchev–Trinajstić information content (AvgIpc) is 3.39. The minimum Gasteiger partial charge on any atom is -0.380 e. The number of benzene rings is 1. The quantitative estimate of drug-likeness (QED) is 0.565. The summed E-state index contributed by atoms with van der Waals surface area (Å²) in [6, 6.07) is 8.78. The van der Waals surface area contributed by atoms with Crippen molar-refractivity contribution in [3.63, 3.8) is 0 Å². The number of rotatable bonds is 9. The first kappa shape index (κ1) is 26.4. The van der Waals surface area contributed by atoms with Crippen LogP contribution in [0.3, 0.4) is 0 Å². The number of carbonyl (C=O) groups excluding carboxylic acids is 1. The molecule has 0 bridgehead atoms. The van der Waals surface area contributed by atoms with E-state index in [4.69, 9.17) is 4.74 Å². The maximum Gasteiger partial charge on any atom is 0.418 e. The van der Waals surface area contributed by atoms with E-state index in [2.05, 4.69) is 21.3 Å². The Labute approximate surface area is 210 Å². The lowest BCUT2D eigenvalue weighted by molar-refractivity contribution is -0.140. The van der Waals surface area contributed by atoms with Crippen molar-refractivity contribution < 1.29 is 22.7 Å². The summed E-state index contributed by atoms with van der Waals surface area (Å²) in [5.74, 6) is -0.270. The van der Waals surface area contributed by atoms with Gasteiger partial charge in [0.1, 0.15) is 0 Å². The number of nitrogens with zero attached hydrogens (tertiary/aromatic N) is 4. The molecule has 1 amide bonds. The van der Waals surface area contributed by atoms with Gasteiger partial charge in [-0.25, -0.2) is 0 Å². The lowest BCUT2D eigenvalue weighted by Gasteiger charge is -2.34. The number of anilines is 1. The van der Waals surface area contributed by atoms with Crippen molar-refractivity contribution in [1.82, 2.24) is 19.7 Å². The van der Waals surface area contributed by atoms with Crippen LogP contribution in [0.4, 0.5) is 18.9 Å². The van der Waals surface area contributed by atoms with Gasteiger partial charge in [-0.1, -0.05) is 12.1 Å². The molecule has 0 aliphatic carbocycles. The Morgan fingerprint density at radius 2 is 2.06 bits per heavy atom. The Balaban J connectivity index is 1.44. The van der Waals surface area contributed by atoms with Crippen LogP contribution >= 0.6 is 0 Å². The predicted octanol–water partition coefficient (Wildman–Crippen LogP) is 3.25. The molecule has 3 heterocycles. The fourth-order valence-corrected chi connectivity index (χ4v) is 4.82. The second-order valence-electron chi connectivity index (χ2n) is 9.65. The molecule has 196 valence electrons. The fourth-order valence-electron chi connectivity index (χ4n) is 4.82. The molecule has 1 unspecified atom stereocenters. The number of amides is 1. The van der Waals surface area contributed by atoms with Gasteiger partial charge < -0.3 is 19.9 Å². The largest absolute Gasteiger partial charge is 0.418 e. The Hall–Kier alpha value is -2.69. The van der Waals surface area contributed by atoms with Crippen molar-refractivity contribution in [2.45, 2.75) is 38.1 Å². The molecule has 0 spiro atoms. The number of likely N-dealkylation sites (N-methyl/N-ethyl adjacent to an activating group) is 1. The van der Waals surface area contributed by atoms with Crippen LogP contribution in [-0.4, -0.2) is 85.1 Å². The van der Waals surface area contributed by atoms with Crippen LogP contribution in [0.25, 0.3) is 0 Å². The minimum absolute atomic E-state index is 0.00174. The van der Waals surface area contributed by atoms with E-state index in [1.165, 1.54) is 28.3 Å². The molecule has 1 atom stereocenters. The van der Waals surface area contributed by atoms with E-state index in [1.54, 1.807) is 0 Å². The maximum absolute atomic E-state index is 13.5. The zero-order chi connectivity index (χ0) is 25.7. The minimum atomic E-state index is -4.53. The van der Waals surface area contributed by atoms with Crippen molar-refractivity contribution in [2.24, 2.45) is 0 Å². The Bertz CT molecular complexity index is 1040. The first-order valence-electron chi connectivity index (χ1n) is 12.3. The molecule has 1 N–H and O–H groups in total. The third-order valence-electron chi connectivity index (χ3n) is 6.85. The fraction of sp³-hybridized carbons (Fsp3) is 0.538. The summed E-state index contributed by atoms with van der Waals surface area (Å²) in [5.41, 5.74) is 2.38. The number of halogens is 3. The molecule has 7 nitrogen and oxygen atoms in total. The van der Waals surface area contributed by atoms with Gasteiger partial charge in [-0.05, 0) is 56.3 Å². The van der Waals surface area contributed by atoms with Crippen LogP contribution < -0.4 is 5.32 Å². The van der Waals surface area contributed by atoms with E-state index >= 15 is 0 Å². The van der Waals surface area contributed by atoms with Gasteiger partial charge >= 0.3 is 6.18 Å². The van der Waals surface area contributed by atoms with Gasteiger partial charge in [0.2, 0.25) is 5.91 Å². The maximum atomic E-state index is 13.5. The molecule has 1 aromatic carbocycles. The lowest BCUT2D eigenvalue weighted by atomic mass is 9.96. The molecule has 0 radical (unpaired) electrons. The van der Waals surface area contributed by atoms with Crippen LogP contribution in [0.5, 0.6) is 0 Å². The van der Waals surface area contributed by atoms with E-state index in [0.29, 0.717) is 19.1 Å². The molecule has 2 aliphatic rings. The van der Waals surface area contributed by atoms with E-state index in [1.807, 2.05) is 31.1 Å². The van der Waals surface area contributed by atoms with Crippen LogP contribution in [0.1, 0.15) is 28.8 Å². The third kappa shape index (κ3) is 6.54. The zero-order valence-corrected chi connectivity index (χ0v) is 20.9. The Kier molecular flexibility index (Phi) is 8.48. The summed E-state index contributed by atoms with van der Waals surface area (Å²) in [5, 5.41) is 3.27. The molecule has 1 aromatic heterocycles. The van der Waals surface area contributed by atoms with E-state index < -0.39 is 11.7 Å². The highest BCUT2D eigenvalue weighted by Crippen LogP contribution is 2.32. The normalized spacial score (nSPS) is 18.3. The molecule has 1 saturated heterocycles. The summed E-state index contributed by atoms with van der Waals surface area (Å²) in [6.07, 6.45) is -1.28. The molecular weight excluding hydrogens is 471 g/mol. The number of hydrogen-bond donors (Lipinski definition) is 1. The summed E-state index contributed by atoms with van der Waals surface area (Å²) in [4.78, 5) is 22.9. The van der Waals surface area contributed by atoms with Gasteiger partial charge in [0.25, 0.3) is 0 Å². The molecule has 36 heavy (non-hydrogen) atoms. The van der Waals surface area contributed by atoms with Crippen LogP contribution in [0.2, 0.25) is 0 Å². The van der Waals surface area contributed by atoms with Crippen LogP contribution in [-0.2, 0) is 35.2 Å². The Morgan fingerprint density at radius 3 is 2.78 bits per heavy atom. The van der Waals surface area contributed by atoms with Crippen molar-refractivity contribution in [1.29, 1.82) is 0 Å². The van der Waals surface area contributed by atoms with Gasteiger partial charge in [0.05, 0.1) is 31.0 Å². The monoisotopic (exact) mass is 505 g/mol. The number of fused-ring (bicyclic) bond motifs is 1. The van der Waals surface area contributed by atoms with Gasteiger partial charge in [-0.15, -0.1) is 0 Å². The lowest BCUT2D eigenvalue weighted by Crippen LogP contribution is -2.41.